The second-order valence-electron chi connectivity index (χ2n) is 6.68. The lowest BCUT2D eigenvalue weighted by atomic mass is 10.0. The van der Waals surface area contributed by atoms with Crippen molar-refractivity contribution in [2.24, 2.45) is 0 Å². The van der Waals surface area contributed by atoms with Crippen molar-refractivity contribution in [3.63, 3.8) is 0 Å². The molecule has 2 aromatic carbocycles. The molecule has 7 heteroatoms. The van der Waals surface area contributed by atoms with E-state index in [-0.39, 0.29) is 17.3 Å². The van der Waals surface area contributed by atoms with E-state index in [9.17, 15) is 10.1 Å². The number of ether oxygens (including phenoxy) is 2. The summed E-state index contributed by atoms with van der Waals surface area (Å²) in [6.45, 7) is 1.98. The van der Waals surface area contributed by atoms with Crippen molar-refractivity contribution < 1.29 is 14.4 Å². The molecule has 0 bridgehead atoms. The summed E-state index contributed by atoms with van der Waals surface area (Å²) in [6, 6.07) is 12.6. The number of nitrogens with zero attached hydrogens (tertiary/aromatic N) is 3. The normalized spacial score (nSPS) is 18.6. The highest BCUT2D eigenvalue weighted by molar-refractivity contribution is 5.67. The van der Waals surface area contributed by atoms with Gasteiger partial charge >= 0.3 is 0 Å². The Balaban J connectivity index is 1.70. The molecule has 0 saturated carbocycles. The molecule has 2 aliphatic heterocycles. The minimum absolute atomic E-state index is 0.0220. The number of fused-ring (bicyclic) bond motifs is 1. The van der Waals surface area contributed by atoms with Gasteiger partial charge in [-0.15, -0.1) is 0 Å². The molecule has 2 heterocycles. The topological polar surface area (TPSA) is 88.6 Å². The summed E-state index contributed by atoms with van der Waals surface area (Å²) in [7, 11) is 0. The van der Waals surface area contributed by atoms with Gasteiger partial charge in [0.1, 0.15) is 5.69 Å². The van der Waals surface area contributed by atoms with Crippen molar-refractivity contribution in [2.45, 2.75) is 25.3 Å². The second kappa shape index (κ2) is 7.16. The van der Waals surface area contributed by atoms with Gasteiger partial charge in [-0.05, 0) is 42.7 Å². The third-order valence-corrected chi connectivity index (χ3v) is 5.02. The predicted octanol–water partition coefficient (Wildman–Crippen LogP) is 3.97. The van der Waals surface area contributed by atoms with Crippen LogP contribution in [-0.4, -0.2) is 24.7 Å². The highest BCUT2D eigenvalue weighted by Crippen LogP contribution is 2.42. The van der Waals surface area contributed by atoms with Crippen molar-refractivity contribution in [1.29, 1.82) is 5.26 Å². The molecule has 27 heavy (non-hydrogen) atoms. The fourth-order valence-electron chi connectivity index (χ4n) is 3.77. The number of hydrogen-bond acceptors (Lipinski definition) is 6. The van der Waals surface area contributed by atoms with Crippen molar-refractivity contribution in [1.82, 2.24) is 0 Å². The first-order valence-electron chi connectivity index (χ1n) is 9.02. The minimum Gasteiger partial charge on any atom is -0.490 e. The van der Waals surface area contributed by atoms with Crippen LogP contribution in [0.4, 0.5) is 11.4 Å². The summed E-state index contributed by atoms with van der Waals surface area (Å²) >= 11 is 0. The van der Waals surface area contributed by atoms with Gasteiger partial charge in [0, 0.05) is 19.0 Å². The van der Waals surface area contributed by atoms with E-state index in [2.05, 4.69) is 4.90 Å². The fraction of sp³-hybridized carbons (Fsp3) is 0.350. The molecular weight excluding hydrogens is 346 g/mol. The lowest BCUT2D eigenvalue weighted by Gasteiger charge is -2.27. The van der Waals surface area contributed by atoms with Crippen LogP contribution in [0.15, 0.2) is 36.4 Å². The van der Waals surface area contributed by atoms with Crippen LogP contribution in [0.25, 0.3) is 0 Å². The molecule has 0 spiro atoms. The van der Waals surface area contributed by atoms with Crippen molar-refractivity contribution in [3.8, 4) is 17.6 Å². The maximum absolute atomic E-state index is 11.6. The zero-order valence-corrected chi connectivity index (χ0v) is 14.8. The molecule has 2 aromatic rings. The van der Waals surface area contributed by atoms with Crippen LogP contribution in [0.5, 0.6) is 11.5 Å². The Morgan fingerprint density at radius 3 is 2.70 bits per heavy atom. The number of rotatable bonds is 3. The van der Waals surface area contributed by atoms with Crippen molar-refractivity contribution >= 4 is 11.4 Å². The van der Waals surface area contributed by atoms with Gasteiger partial charge in [0.15, 0.2) is 11.5 Å². The zero-order chi connectivity index (χ0) is 18.8. The standard InChI is InChI=1S/C20H19N3O4/c21-13-14-4-6-17(18(11-14)23(24)25)22-8-1-3-16(22)15-5-7-19-20(12-15)27-10-2-9-26-19/h4-7,11-12,16H,1-3,8-10H2/t16-/m0/s1. The molecule has 0 amide bonds. The van der Waals surface area contributed by atoms with Crippen LogP contribution >= 0.6 is 0 Å². The van der Waals surface area contributed by atoms with Crippen LogP contribution in [0.2, 0.25) is 0 Å². The first-order valence-corrected chi connectivity index (χ1v) is 9.02. The minimum atomic E-state index is -0.417. The Morgan fingerprint density at radius 2 is 1.93 bits per heavy atom. The predicted molar refractivity (Wildman–Crippen MR) is 99.2 cm³/mol. The first-order chi connectivity index (χ1) is 13.2. The SMILES string of the molecule is N#Cc1ccc(N2CCC[C@H]2c2ccc3c(c2)OCCCO3)c([N+](=O)[O-])c1. The number of nitro benzene ring substituents is 1. The van der Waals surface area contributed by atoms with E-state index in [0.717, 1.165) is 42.9 Å². The summed E-state index contributed by atoms with van der Waals surface area (Å²) in [5.74, 6) is 1.47. The summed E-state index contributed by atoms with van der Waals surface area (Å²) < 4.78 is 11.5. The summed E-state index contributed by atoms with van der Waals surface area (Å²) in [4.78, 5) is 13.2. The summed E-state index contributed by atoms with van der Waals surface area (Å²) in [6.07, 6.45) is 2.68. The van der Waals surface area contributed by atoms with E-state index < -0.39 is 4.92 Å². The van der Waals surface area contributed by atoms with Gasteiger partial charge in [0.25, 0.3) is 5.69 Å². The first kappa shape index (κ1) is 17.2. The average molecular weight is 365 g/mol. The molecule has 0 N–H and O–H groups in total. The highest BCUT2D eigenvalue weighted by atomic mass is 16.6. The highest BCUT2D eigenvalue weighted by Gasteiger charge is 2.31. The molecule has 0 unspecified atom stereocenters. The lowest BCUT2D eigenvalue weighted by molar-refractivity contribution is -0.384. The lowest BCUT2D eigenvalue weighted by Crippen LogP contribution is -2.23. The quantitative estimate of drug-likeness (QED) is 0.604. The van der Waals surface area contributed by atoms with E-state index >= 15 is 0 Å². The molecule has 0 radical (unpaired) electrons. The van der Waals surface area contributed by atoms with Crippen LogP contribution in [0.3, 0.4) is 0 Å². The molecule has 7 nitrogen and oxygen atoms in total. The molecule has 138 valence electrons. The van der Waals surface area contributed by atoms with E-state index in [1.54, 1.807) is 12.1 Å². The maximum Gasteiger partial charge on any atom is 0.293 e. The van der Waals surface area contributed by atoms with Gasteiger partial charge in [0.05, 0.1) is 35.8 Å². The molecular formula is C20H19N3O4. The summed E-state index contributed by atoms with van der Waals surface area (Å²) in [5.41, 5.74) is 1.86. The molecule has 2 aliphatic rings. The third-order valence-electron chi connectivity index (χ3n) is 5.02. The zero-order valence-electron chi connectivity index (χ0n) is 14.8. The fourth-order valence-corrected chi connectivity index (χ4v) is 3.77. The Kier molecular flexibility index (Phi) is 4.55. The molecule has 4 rings (SSSR count). The molecule has 0 aliphatic carbocycles. The molecule has 0 aromatic heterocycles. The molecule has 1 atom stereocenters. The Morgan fingerprint density at radius 1 is 1.11 bits per heavy atom. The van der Waals surface area contributed by atoms with Gasteiger partial charge in [-0.3, -0.25) is 10.1 Å². The largest absolute Gasteiger partial charge is 0.490 e. The number of hydrogen-bond donors (Lipinski definition) is 0. The van der Waals surface area contributed by atoms with E-state index in [0.29, 0.717) is 18.9 Å². The van der Waals surface area contributed by atoms with Gasteiger partial charge in [-0.1, -0.05) is 6.07 Å². The third kappa shape index (κ3) is 3.26. The van der Waals surface area contributed by atoms with Crippen LogP contribution in [-0.2, 0) is 0 Å². The average Bonchev–Trinajstić information content (AvgIpc) is 3.05. The van der Waals surface area contributed by atoms with Gasteiger partial charge in [0.2, 0.25) is 0 Å². The van der Waals surface area contributed by atoms with Crippen molar-refractivity contribution in [3.05, 3.63) is 57.6 Å². The maximum atomic E-state index is 11.6. The smallest absolute Gasteiger partial charge is 0.293 e. The number of anilines is 1. The van der Waals surface area contributed by atoms with Gasteiger partial charge in [-0.2, -0.15) is 5.26 Å². The van der Waals surface area contributed by atoms with Crippen LogP contribution in [0.1, 0.15) is 36.4 Å². The Hall–Kier alpha value is -3.27. The monoisotopic (exact) mass is 365 g/mol. The number of nitriles is 1. The van der Waals surface area contributed by atoms with E-state index in [1.165, 1.54) is 6.07 Å². The molecule has 1 saturated heterocycles. The molecule has 1 fully saturated rings. The second-order valence-corrected chi connectivity index (χ2v) is 6.68. The summed E-state index contributed by atoms with van der Waals surface area (Å²) in [5, 5.41) is 20.6. The van der Waals surface area contributed by atoms with E-state index in [1.807, 2.05) is 24.3 Å². The van der Waals surface area contributed by atoms with Crippen LogP contribution < -0.4 is 14.4 Å². The van der Waals surface area contributed by atoms with Crippen molar-refractivity contribution in [2.75, 3.05) is 24.7 Å². The van der Waals surface area contributed by atoms with Gasteiger partial charge in [-0.25, -0.2) is 0 Å². The van der Waals surface area contributed by atoms with Gasteiger partial charge < -0.3 is 14.4 Å². The Bertz CT molecular complexity index is 922. The van der Waals surface area contributed by atoms with Crippen LogP contribution in [0, 0.1) is 21.4 Å². The van der Waals surface area contributed by atoms with E-state index in [4.69, 9.17) is 14.7 Å². The number of nitro groups is 1. The Labute approximate surface area is 156 Å². The number of benzene rings is 2.